The van der Waals surface area contributed by atoms with Gasteiger partial charge in [-0.05, 0) is 30.7 Å². The first kappa shape index (κ1) is 12.5. The molecule has 2 atom stereocenters. The number of hydrogen-bond acceptors (Lipinski definition) is 3. The Balaban J connectivity index is 1.99. The summed E-state index contributed by atoms with van der Waals surface area (Å²) in [5.41, 5.74) is 7.39. The molecule has 1 aromatic rings. The molecule has 1 aliphatic rings. The standard InChI is InChI=1S/C13H20FN3/c1-2-6-15-8-11-9-16-17-13(11)10-4-3-5-12(14)7-10/h3-5,7,11,13,15-17H,2,6,8-9H2,1H3. The summed E-state index contributed by atoms with van der Waals surface area (Å²) in [4.78, 5) is 0. The molecule has 1 aromatic carbocycles. The topological polar surface area (TPSA) is 36.1 Å². The zero-order chi connectivity index (χ0) is 12.1. The van der Waals surface area contributed by atoms with E-state index in [9.17, 15) is 4.39 Å². The highest BCUT2D eigenvalue weighted by Gasteiger charge is 2.27. The highest BCUT2D eigenvalue weighted by atomic mass is 19.1. The maximum atomic E-state index is 13.2. The third-order valence-electron chi connectivity index (χ3n) is 3.13. The molecule has 0 saturated carbocycles. The van der Waals surface area contributed by atoms with E-state index in [4.69, 9.17) is 0 Å². The summed E-state index contributed by atoms with van der Waals surface area (Å²) < 4.78 is 13.2. The van der Waals surface area contributed by atoms with Gasteiger partial charge in [0.2, 0.25) is 0 Å². The van der Waals surface area contributed by atoms with Crippen molar-refractivity contribution >= 4 is 0 Å². The van der Waals surface area contributed by atoms with E-state index >= 15 is 0 Å². The van der Waals surface area contributed by atoms with Gasteiger partial charge in [-0.15, -0.1) is 0 Å². The van der Waals surface area contributed by atoms with Crippen LogP contribution < -0.4 is 16.2 Å². The molecular weight excluding hydrogens is 217 g/mol. The van der Waals surface area contributed by atoms with E-state index in [1.807, 2.05) is 6.07 Å². The Bertz CT molecular complexity index is 356. The SMILES string of the molecule is CCCNCC1CNNC1c1cccc(F)c1. The van der Waals surface area contributed by atoms with Gasteiger partial charge in [-0.25, -0.2) is 9.82 Å². The second-order valence-electron chi connectivity index (χ2n) is 4.52. The average Bonchev–Trinajstić information content (AvgIpc) is 2.78. The summed E-state index contributed by atoms with van der Waals surface area (Å²) in [5, 5.41) is 3.42. The number of rotatable bonds is 5. The fourth-order valence-electron chi connectivity index (χ4n) is 2.25. The molecule has 1 saturated heterocycles. The van der Waals surface area contributed by atoms with Crippen LogP contribution in [-0.2, 0) is 0 Å². The molecule has 0 amide bonds. The van der Waals surface area contributed by atoms with E-state index in [2.05, 4.69) is 23.1 Å². The molecule has 1 heterocycles. The van der Waals surface area contributed by atoms with E-state index in [-0.39, 0.29) is 11.9 Å². The number of benzene rings is 1. The summed E-state index contributed by atoms with van der Waals surface area (Å²) in [6.45, 7) is 5.06. The molecule has 1 fully saturated rings. The zero-order valence-electron chi connectivity index (χ0n) is 10.2. The molecule has 3 nitrogen and oxygen atoms in total. The van der Waals surface area contributed by atoms with Crippen molar-refractivity contribution in [2.24, 2.45) is 5.92 Å². The lowest BCUT2D eigenvalue weighted by molar-refractivity contribution is 0.441. The van der Waals surface area contributed by atoms with Gasteiger partial charge in [0.15, 0.2) is 0 Å². The Hall–Kier alpha value is -0.970. The van der Waals surface area contributed by atoms with Gasteiger partial charge in [-0.3, -0.25) is 5.43 Å². The Morgan fingerprint density at radius 3 is 3.12 bits per heavy atom. The second-order valence-corrected chi connectivity index (χ2v) is 4.52. The minimum Gasteiger partial charge on any atom is -0.316 e. The first-order chi connectivity index (χ1) is 8.31. The van der Waals surface area contributed by atoms with E-state index in [1.54, 1.807) is 12.1 Å². The average molecular weight is 237 g/mol. The van der Waals surface area contributed by atoms with Crippen LogP contribution in [0.1, 0.15) is 24.9 Å². The fraction of sp³-hybridized carbons (Fsp3) is 0.538. The maximum absolute atomic E-state index is 13.2. The van der Waals surface area contributed by atoms with Crippen LogP contribution in [0.15, 0.2) is 24.3 Å². The Labute approximate surface area is 102 Å². The smallest absolute Gasteiger partial charge is 0.123 e. The van der Waals surface area contributed by atoms with Crippen LogP contribution >= 0.6 is 0 Å². The molecule has 2 rings (SSSR count). The first-order valence-electron chi connectivity index (χ1n) is 6.26. The molecule has 17 heavy (non-hydrogen) atoms. The van der Waals surface area contributed by atoms with Gasteiger partial charge in [0.1, 0.15) is 5.82 Å². The third-order valence-corrected chi connectivity index (χ3v) is 3.13. The molecule has 0 bridgehead atoms. The quantitative estimate of drug-likeness (QED) is 0.681. The van der Waals surface area contributed by atoms with Crippen molar-refractivity contribution in [3.8, 4) is 0 Å². The van der Waals surface area contributed by atoms with Gasteiger partial charge < -0.3 is 5.32 Å². The van der Waals surface area contributed by atoms with E-state index in [0.29, 0.717) is 5.92 Å². The van der Waals surface area contributed by atoms with Crippen molar-refractivity contribution in [1.82, 2.24) is 16.2 Å². The number of nitrogens with one attached hydrogen (secondary N) is 3. The lowest BCUT2D eigenvalue weighted by Gasteiger charge is -2.19. The van der Waals surface area contributed by atoms with Gasteiger partial charge >= 0.3 is 0 Å². The highest BCUT2D eigenvalue weighted by molar-refractivity contribution is 5.21. The Morgan fingerprint density at radius 2 is 2.35 bits per heavy atom. The number of hydrazine groups is 1. The number of hydrogen-bond donors (Lipinski definition) is 3. The van der Waals surface area contributed by atoms with Crippen LogP contribution in [0, 0.1) is 11.7 Å². The van der Waals surface area contributed by atoms with Gasteiger partial charge in [-0.1, -0.05) is 19.1 Å². The van der Waals surface area contributed by atoms with Crippen molar-refractivity contribution in [3.63, 3.8) is 0 Å². The Kier molecular flexibility index (Phi) is 4.48. The minimum atomic E-state index is -0.170. The largest absolute Gasteiger partial charge is 0.316 e. The van der Waals surface area contributed by atoms with E-state index in [1.165, 1.54) is 6.07 Å². The van der Waals surface area contributed by atoms with Crippen molar-refractivity contribution in [3.05, 3.63) is 35.6 Å². The van der Waals surface area contributed by atoms with Crippen LogP contribution in [0.25, 0.3) is 0 Å². The molecule has 0 radical (unpaired) electrons. The van der Waals surface area contributed by atoms with E-state index in [0.717, 1.165) is 31.6 Å². The second kappa shape index (κ2) is 6.10. The lowest BCUT2D eigenvalue weighted by atomic mass is 9.95. The number of halogens is 1. The molecule has 0 spiro atoms. The normalized spacial score (nSPS) is 24.1. The molecule has 2 unspecified atom stereocenters. The molecule has 0 aliphatic carbocycles. The molecule has 1 aliphatic heterocycles. The van der Waals surface area contributed by atoms with E-state index < -0.39 is 0 Å². The summed E-state index contributed by atoms with van der Waals surface area (Å²) in [5.74, 6) is 0.291. The Morgan fingerprint density at radius 1 is 1.47 bits per heavy atom. The third kappa shape index (κ3) is 3.25. The van der Waals surface area contributed by atoms with Gasteiger partial charge in [-0.2, -0.15) is 0 Å². The van der Waals surface area contributed by atoms with Crippen molar-refractivity contribution in [2.75, 3.05) is 19.6 Å². The van der Waals surface area contributed by atoms with Crippen LogP contribution in [0.5, 0.6) is 0 Å². The summed E-state index contributed by atoms with van der Waals surface area (Å²) in [6.07, 6.45) is 1.14. The van der Waals surface area contributed by atoms with Crippen LogP contribution in [0.4, 0.5) is 4.39 Å². The van der Waals surface area contributed by atoms with Gasteiger partial charge in [0, 0.05) is 19.0 Å². The molecule has 4 heteroatoms. The van der Waals surface area contributed by atoms with Gasteiger partial charge in [0.25, 0.3) is 0 Å². The predicted molar refractivity (Wildman–Crippen MR) is 66.9 cm³/mol. The predicted octanol–water partition coefficient (Wildman–Crippen LogP) is 1.59. The van der Waals surface area contributed by atoms with Gasteiger partial charge in [0.05, 0.1) is 6.04 Å². The van der Waals surface area contributed by atoms with Crippen molar-refractivity contribution < 1.29 is 4.39 Å². The first-order valence-corrected chi connectivity index (χ1v) is 6.26. The van der Waals surface area contributed by atoms with Crippen LogP contribution in [0.3, 0.4) is 0 Å². The highest BCUT2D eigenvalue weighted by Crippen LogP contribution is 2.24. The molecule has 3 N–H and O–H groups in total. The molecular formula is C13H20FN3. The fourth-order valence-corrected chi connectivity index (χ4v) is 2.25. The monoisotopic (exact) mass is 237 g/mol. The molecule has 94 valence electrons. The summed E-state index contributed by atoms with van der Waals surface area (Å²) in [7, 11) is 0. The lowest BCUT2D eigenvalue weighted by Crippen LogP contribution is -2.29. The maximum Gasteiger partial charge on any atom is 0.123 e. The van der Waals surface area contributed by atoms with Crippen molar-refractivity contribution in [1.29, 1.82) is 0 Å². The van der Waals surface area contributed by atoms with Crippen molar-refractivity contribution in [2.45, 2.75) is 19.4 Å². The summed E-state index contributed by atoms with van der Waals surface area (Å²) >= 11 is 0. The summed E-state index contributed by atoms with van der Waals surface area (Å²) in [6, 6.07) is 7.02. The minimum absolute atomic E-state index is 0.170. The zero-order valence-corrected chi connectivity index (χ0v) is 10.2. The van der Waals surface area contributed by atoms with Crippen LogP contribution in [-0.4, -0.2) is 19.6 Å². The van der Waals surface area contributed by atoms with Crippen LogP contribution in [0.2, 0.25) is 0 Å². The molecule has 0 aromatic heterocycles.